The molecule has 0 saturated heterocycles. The van der Waals surface area contributed by atoms with Crippen LogP contribution >= 0.6 is 0 Å². The van der Waals surface area contributed by atoms with Gasteiger partial charge < -0.3 is 10.1 Å². The van der Waals surface area contributed by atoms with Crippen LogP contribution in [0.1, 0.15) is 70.6 Å². The second kappa shape index (κ2) is 5.92. The van der Waals surface area contributed by atoms with E-state index in [9.17, 15) is 0 Å². The summed E-state index contributed by atoms with van der Waals surface area (Å²) in [7, 11) is 0. The number of hydrogen-bond acceptors (Lipinski definition) is 2. The highest BCUT2D eigenvalue weighted by atomic mass is 16.5. The summed E-state index contributed by atoms with van der Waals surface area (Å²) in [6.45, 7) is 2.12. The summed E-state index contributed by atoms with van der Waals surface area (Å²) in [6, 6.07) is 0.817. The van der Waals surface area contributed by atoms with Crippen LogP contribution in [0.2, 0.25) is 0 Å². The van der Waals surface area contributed by atoms with E-state index in [0.717, 1.165) is 25.1 Å². The van der Waals surface area contributed by atoms with Gasteiger partial charge in [0.25, 0.3) is 0 Å². The molecular weight excluding hydrogens is 222 g/mol. The molecule has 0 bridgehead atoms. The van der Waals surface area contributed by atoms with Crippen molar-refractivity contribution in [2.45, 2.75) is 82.3 Å². The van der Waals surface area contributed by atoms with Crippen molar-refractivity contribution in [2.75, 3.05) is 13.2 Å². The maximum atomic E-state index is 6.42. The molecule has 0 heterocycles. The molecule has 104 valence electrons. The molecule has 3 aliphatic rings. The van der Waals surface area contributed by atoms with E-state index in [1.165, 1.54) is 70.6 Å². The molecule has 0 aromatic rings. The van der Waals surface area contributed by atoms with E-state index in [-0.39, 0.29) is 5.60 Å². The highest BCUT2D eigenvalue weighted by Crippen LogP contribution is 2.35. The first-order chi connectivity index (χ1) is 8.86. The van der Waals surface area contributed by atoms with E-state index in [1.807, 2.05) is 0 Å². The fraction of sp³-hybridized carbons (Fsp3) is 1.00. The van der Waals surface area contributed by atoms with Gasteiger partial charge in [0.15, 0.2) is 0 Å². The van der Waals surface area contributed by atoms with E-state index in [0.29, 0.717) is 0 Å². The largest absolute Gasteiger partial charge is 0.374 e. The molecule has 18 heavy (non-hydrogen) atoms. The first kappa shape index (κ1) is 12.9. The van der Waals surface area contributed by atoms with E-state index in [1.54, 1.807) is 0 Å². The Morgan fingerprint density at radius 1 is 0.944 bits per heavy atom. The van der Waals surface area contributed by atoms with Gasteiger partial charge in [-0.2, -0.15) is 0 Å². The molecule has 0 unspecified atom stereocenters. The summed E-state index contributed by atoms with van der Waals surface area (Å²) in [5.41, 5.74) is 0.188. The van der Waals surface area contributed by atoms with Gasteiger partial charge in [0.05, 0.1) is 5.60 Å². The summed E-state index contributed by atoms with van der Waals surface area (Å²) < 4.78 is 6.42. The van der Waals surface area contributed by atoms with Crippen molar-refractivity contribution in [3.63, 3.8) is 0 Å². The second-order valence-corrected chi connectivity index (χ2v) is 6.83. The van der Waals surface area contributed by atoms with Gasteiger partial charge in [0.2, 0.25) is 0 Å². The first-order valence-corrected chi connectivity index (χ1v) is 8.24. The Hall–Kier alpha value is -0.0800. The van der Waals surface area contributed by atoms with E-state index in [4.69, 9.17) is 4.74 Å². The normalized spacial score (nSPS) is 28.0. The molecule has 0 aliphatic heterocycles. The van der Waals surface area contributed by atoms with Gasteiger partial charge in [-0.05, 0) is 38.0 Å². The average Bonchev–Trinajstić information content (AvgIpc) is 3.24. The topological polar surface area (TPSA) is 21.3 Å². The van der Waals surface area contributed by atoms with Crippen molar-refractivity contribution in [3.05, 3.63) is 0 Å². The Morgan fingerprint density at radius 3 is 2.28 bits per heavy atom. The summed E-state index contributed by atoms with van der Waals surface area (Å²) >= 11 is 0. The summed E-state index contributed by atoms with van der Waals surface area (Å²) in [4.78, 5) is 0. The van der Waals surface area contributed by atoms with Gasteiger partial charge in [-0.25, -0.2) is 0 Å². The van der Waals surface area contributed by atoms with Crippen LogP contribution in [0.15, 0.2) is 0 Å². The Morgan fingerprint density at radius 2 is 1.67 bits per heavy atom. The smallest absolute Gasteiger partial charge is 0.0806 e. The lowest BCUT2D eigenvalue weighted by molar-refractivity contribution is -0.0572. The molecule has 3 rings (SSSR count). The average molecular weight is 251 g/mol. The van der Waals surface area contributed by atoms with E-state index in [2.05, 4.69) is 5.32 Å². The molecule has 2 heteroatoms. The van der Waals surface area contributed by atoms with E-state index >= 15 is 0 Å². The van der Waals surface area contributed by atoms with Gasteiger partial charge in [-0.15, -0.1) is 0 Å². The third-order valence-electron chi connectivity index (χ3n) is 4.94. The van der Waals surface area contributed by atoms with Crippen LogP contribution in [-0.4, -0.2) is 24.8 Å². The molecule has 0 atom stereocenters. The predicted molar refractivity (Wildman–Crippen MR) is 74.8 cm³/mol. The van der Waals surface area contributed by atoms with Crippen molar-refractivity contribution < 1.29 is 4.74 Å². The molecule has 1 N–H and O–H groups in total. The summed E-state index contributed by atoms with van der Waals surface area (Å²) in [6.07, 6.45) is 15.1. The molecular formula is C16H29NO. The van der Waals surface area contributed by atoms with Crippen LogP contribution < -0.4 is 5.32 Å². The third kappa shape index (κ3) is 3.96. The lowest BCUT2D eigenvalue weighted by atomic mass is 9.94. The SMILES string of the molecule is C1CCCC(CNC2CC2)(OCCC2CC2)CC1. The molecule has 2 nitrogen and oxygen atoms in total. The second-order valence-electron chi connectivity index (χ2n) is 6.83. The molecule has 3 aliphatic carbocycles. The Labute approximate surface area is 112 Å². The standard InChI is InChI=1S/C16H29NO/c1-2-4-11-16(10-3-1,13-17-15-7-8-15)18-12-9-14-5-6-14/h14-15,17H,1-13H2. The van der Waals surface area contributed by atoms with Crippen molar-refractivity contribution >= 4 is 0 Å². The number of rotatable bonds is 7. The van der Waals surface area contributed by atoms with Crippen LogP contribution in [0, 0.1) is 5.92 Å². The molecule has 3 saturated carbocycles. The lowest BCUT2D eigenvalue weighted by Crippen LogP contribution is -2.44. The zero-order valence-electron chi connectivity index (χ0n) is 11.8. The molecule has 0 spiro atoms. The van der Waals surface area contributed by atoms with Crippen molar-refractivity contribution in [2.24, 2.45) is 5.92 Å². The predicted octanol–water partition coefficient (Wildman–Crippen LogP) is 3.65. The van der Waals surface area contributed by atoms with Crippen molar-refractivity contribution in [1.82, 2.24) is 5.32 Å². The highest BCUT2D eigenvalue weighted by Gasteiger charge is 2.34. The zero-order valence-corrected chi connectivity index (χ0v) is 11.8. The third-order valence-corrected chi connectivity index (χ3v) is 4.94. The maximum absolute atomic E-state index is 6.42. The quantitative estimate of drug-likeness (QED) is 0.697. The fourth-order valence-corrected chi connectivity index (χ4v) is 3.21. The fourth-order valence-electron chi connectivity index (χ4n) is 3.21. The summed E-state index contributed by atoms with van der Waals surface area (Å²) in [5.74, 6) is 1.00. The Balaban J connectivity index is 1.49. The highest BCUT2D eigenvalue weighted by molar-refractivity contribution is 4.90. The van der Waals surface area contributed by atoms with Crippen LogP contribution in [0.5, 0.6) is 0 Å². The minimum absolute atomic E-state index is 0.188. The van der Waals surface area contributed by atoms with E-state index < -0.39 is 0 Å². The monoisotopic (exact) mass is 251 g/mol. The summed E-state index contributed by atoms with van der Waals surface area (Å²) in [5, 5.41) is 3.72. The van der Waals surface area contributed by atoms with Crippen LogP contribution in [-0.2, 0) is 4.74 Å². The van der Waals surface area contributed by atoms with Crippen LogP contribution in [0.25, 0.3) is 0 Å². The van der Waals surface area contributed by atoms with Crippen molar-refractivity contribution in [3.8, 4) is 0 Å². The number of nitrogens with one attached hydrogen (secondary N) is 1. The van der Waals surface area contributed by atoms with Crippen molar-refractivity contribution in [1.29, 1.82) is 0 Å². The van der Waals surface area contributed by atoms with Crippen LogP contribution in [0.4, 0.5) is 0 Å². The molecule has 0 aromatic carbocycles. The molecule has 3 fully saturated rings. The van der Waals surface area contributed by atoms with Gasteiger partial charge in [0.1, 0.15) is 0 Å². The first-order valence-electron chi connectivity index (χ1n) is 8.24. The zero-order chi connectivity index (χ0) is 12.3. The molecule has 0 radical (unpaired) electrons. The van der Waals surface area contributed by atoms with Gasteiger partial charge >= 0.3 is 0 Å². The Bertz CT molecular complexity index is 250. The number of ether oxygens (including phenoxy) is 1. The minimum atomic E-state index is 0.188. The minimum Gasteiger partial charge on any atom is -0.374 e. The Kier molecular flexibility index (Phi) is 4.25. The maximum Gasteiger partial charge on any atom is 0.0806 e. The van der Waals surface area contributed by atoms with Crippen LogP contribution in [0.3, 0.4) is 0 Å². The van der Waals surface area contributed by atoms with Gasteiger partial charge in [-0.1, -0.05) is 38.5 Å². The van der Waals surface area contributed by atoms with Gasteiger partial charge in [-0.3, -0.25) is 0 Å². The molecule has 0 amide bonds. The lowest BCUT2D eigenvalue weighted by Gasteiger charge is -2.33. The molecule has 0 aromatic heterocycles. The number of hydrogen-bond donors (Lipinski definition) is 1. The van der Waals surface area contributed by atoms with Gasteiger partial charge in [0, 0.05) is 19.2 Å².